The molecule has 0 saturated carbocycles. The van der Waals surface area contributed by atoms with Gasteiger partial charge in [0.2, 0.25) is 0 Å². The van der Waals surface area contributed by atoms with Gasteiger partial charge in [-0.25, -0.2) is 14.5 Å². The van der Waals surface area contributed by atoms with Gasteiger partial charge in [0.15, 0.2) is 17.5 Å². The first-order chi connectivity index (χ1) is 15.8. The van der Waals surface area contributed by atoms with Crippen molar-refractivity contribution in [3.63, 3.8) is 0 Å². The summed E-state index contributed by atoms with van der Waals surface area (Å²) in [6, 6.07) is 6.50. The molecule has 0 bridgehead atoms. The number of thiophene rings is 1. The van der Waals surface area contributed by atoms with E-state index in [1.807, 2.05) is 13.8 Å². The van der Waals surface area contributed by atoms with Gasteiger partial charge in [-0.15, -0.1) is 11.3 Å². The first-order valence-corrected chi connectivity index (χ1v) is 11.0. The van der Waals surface area contributed by atoms with Crippen molar-refractivity contribution >= 4 is 45.2 Å². The summed E-state index contributed by atoms with van der Waals surface area (Å²) >= 11 is 1.14. The molecule has 10 nitrogen and oxygen atoms in total. The van der Waals surface area contributed by atoms with Crippen LogP contribution in [-0.2, 0) is 9.53 Å². The number of pyridine rings is 1. The molecule has 4 aromatic rings. The van der Waals surface area contributed by atoms with Gasteiger partial charge in [-0.2, -0.15) is 5.10 Å². The lowest BCUT2D eigenvalue weighted by molar-refractivity contribution is -0.123. The Kier molecular flexibility index (Phi) is 5.97. The third kappa shape index (κ3) is 4.35. The second kappa shape index (κ2) is 8.87. The van der Waals surface area contributed by atoms with Gasteiger partial charge in [0.25, 0.3) is 11.8 Å². The molecule has 1 atom stereocenters. The SMILES string of the molecule is CC(OC(=O)c1cc(-c2ccco2)nc2c1cnn2C(C)C)C(=O)Nc1sccc1C(N)=O. The quantitative estimate of drug-likeness (QED) is 0.395. The third-order valence-electron chi connectivity index (χ3n) is 4.87. The number of furan rings is 1. The maximum absolute atomic E-state index is 13.1. The minimum absolute atomic E-state index is 0.000621. The zero-order valence-electron chi connectivity index (χ0n) is 18.1. The van der Waals surface area contributed by atoms with Crippen LogP contribution in [0.15, 0.2) is 46.5 Å². The molecule has 11 heteroatoms. The summed E-state index contributed by atoms with van der Waals surface area (Å²) in [4.78, 5) is 41.7. The fourth-order valence-corrected chi connectivity index (χ4v) is 4.00. The number of hydrogen-bond acceptors (Lipinski definition) is 8. The van der Waals surface area contributed by atoms with Crippen LogP contribution in [0.5, 0.6) is 0 Å². The lowest BCUT2D eigenvalue weighted by Crippen LogP contribution is -2.30. The van der Waals surface area contributed by atoms with Crippen LogP contribution in [-0.4, -0.2) is 38.7 Å². The number of rotatable bonds is 7. The normalized spacial score (nSPS) is 12.1. The van der Waals surface area contributed by atoms with Crippen molar-refractivity contribution < 1.29 is 23.5 Å². The number of primary amides is 1. The van der Waals surface area contributed by atoms with Crippen molar-refractivity contribution in [2.75, 3.05) is 5.32 Å². The molecule has 0 aliphatic heterocycles. The fraction of sp³-hybridized carbons (Fsp3) is 0.227. The lowest BCUT2D eigenvalue weighted by atomic mass is 10.1. The zero-order valence-corrected chi connectivity index (χ0v) is 18.9. The largest absolute Gasteiger partial charge is 0.463 e. The molecule has 4 rings (SSSR count). The standard InChI is InChI=1S/C22H21N5O5S/c1-11(2)27-19-15(10-24-27)14(9-16(25-19)17-5-4-7-31-17)22(30)32-12(3)20(29)26-21-13(18(23)28)6-8-33-21/h4-12H,1-3H3,(H2,23,28)(H,26,29). The van der Waals surface area contributed by atoms with Crippen LogP contribution in [0.2, 0.25) is 0 Å². The number of aromatic nitrogens is 3. The van der Waals surface area contributed by atoms with E-state index in [1.54, 1.807) is 34.5 Å². The Labute approximate surface area is 192 Å². The fourth-order valence-electron chi connectivity index (χ4n) is 3.21. The Morgan fingerprint density at radius 1 is 1.21 bits per heavy atom. The minimum atomic E-state index is -1.14. The first kappa shape index (κ1) is 22.2. The number of nitrogens with one attached hydrogen (secondary N) is 1. The number of nitrogens with two attached hydrogens (primary N) is 1. The number of ether oxygens (including phenoxy) is 1. The van der Waals surface area contributed by atoms with Crippen LogP contribution in [0.3, 0.4) is 0 Å². The Morgan fingerprint density at radius 2 is 2.00 bits per heavy atom. The average molecular weight is 468 g/mol. The number of anilines is 1. The van der Waals surface area contributed by atoms with Crippen LogP contribution >= 0.6 is 11.3 Å². The second-order valence-corrected chi connectivity index (χ2v) is 8.43. The molecule has 0 saturated heterocycles. The van der Waals surface area contributed by atoms with Crippen molar-refractivity contribution in [3.8, 4) is 11.5 Å². The number of carbonyl (C=O) groups is 3. The second-order valence-electron chi connectivity index (χ2n) is 7.52. The molecular formula is C22H21N5O5S. The molecule has 0 aromatic carbocycles. The van der Waals surface area contributed by atoms with Crippen molar-refractivity contribution in [2.24, 2.45) is 5.73 Å². The molecule has 0 radical (unpaired) electrons. The van der Waals surface area contributed by atoms with E-state index in [1.165, 1.54) is 19.3 Å². The number of fused-ring (bicyclic) bond motifs is 1. The zero-order chi connectivity index (χ0) is 23.7. The number of carbonyl (C=O) groups excluding carboxylic acids is 3. The lowest BCUT2D eigenvalue weighted by Gasteiger charge is -2.14. The van der Waals surface area contributed by atoms with Gasteiger partial charge < -0.3 is 20.2 Å². The van der Waals surface area contributed by atoms with E-state index < -0.39 is 23.9 Å². The monoisotopic (exact) mass is 467 g/mol. The van der Waals surface area contributed by atoms with E-state index >= 15 is 0 Å². The van der Waals surface area contributed by atoms with Crippen LogP contribution in [0.1, 0.15) is 47.5 Å². The Morgan fingerprint density at radius 3 is 2.67 bits per heavy atom. The Hall–Kier alpha value is -3.99. The predicted octanol–water partition coefficient (Wildman–Crippen LogP) is 3.62. The number of nitrogens with zero attached hydrogens (tertiary/aromatic N) is 3. The van der Waals surface area contributed by atoms with Crippen LogP contribution < -0.4 is 11.1 Å². The molecule has 170 valence electrons. The van der Waals surface area contributed by atoms with Gasteiger partial charge in [0, 0.05) is 6.04 Å². The minimum Gasteiger partial charge on any atom is -0.463 e. The summed E-state index contributed by atoms with van der Waals surface area (Å²) < 4.78 is 12.6. The maximum Gasteiger partial charge on any atom is 0.339 e. The Balaban J connectivity index is 1.62. The van der Waals surface area contributed by atoms with Gasteiger partial charge >= 0.3 is 5.97 Å². The molecule has 0 spiro atoms. The van der Waals surface area contributed by atoms with Gasteiger partial charge in [-0.05, 0) is 50.4 Å². The van der Waals surface area contributed by atoms with Crippen molar-refractivity contribution in [2.45, 2.75) is 32.9 Å². The van der Waals surface area contributed by atoms with Crippen LogP contribution in [0, 0.1) is 0 Å². The van der Waals surface area contributed by atoms with E-state index in [0.29, 0.717) is 27.5 Å². The highest BCUT2D eigenvalue weighted by Crippen LogP contribution is 2.28. The van der Waals surface area contributed by atoms with Crippen molar-refractivity contribution in [3.05, 3.63) is 53.2 Å². The van der Waals surface area contributed by atoms with Gasteiger partial charge in [0.1, 0.15) is 10.7 Å². The van der Waals surface area contributed by atoms with Gasteiger partial charge in [-0.1, -0.05) is 0 Å². The van der Waals surface area contributed by atoms with Gasteiger partial charge in [-0.3, -0.25) is 9.59 Å². The maximum atomic E-state index is 13.1. The van der Waals surface area contributed by atoms with E-state index in [2.05, 4.69) is 15.4 Å². The highest BCUT2D eigenvalue weighted by atomic mass is 32.1. The third-order valence-corrected chi connectivity index (χ3v) is 5.70. The number of hydrogen-bond donors (Lipinski definition) is 2. The van der Waals surface area contributed by atoms with E-state index in [-0.39, 0.29) is 17.2 Å². The average Bonchev–Trinajstić information content (AvgIpc) is 3.52. The predicted molar refractivity (Wildman–Crippen MR) is 122 cm³/mol. The summed E-state index contributed by atoms with van der Waals surface area (Å²) in [7, 11) is 0. The first-order valence-electron chi connectivity index (χ1n) is 10.1. The molecule has 0 aliphatic rings. The van der Waals surface area contributed by atoms with E-state index in [4.69, 9.17) is 14.9 Å². The molecule has 1 unspecified atom stereocenters. The van der Waals surface area contributed by atoms with E-state index in [0.717, 1.165) is 11.3 Å². The molecule has 0 aliphatic carbocycles. The van der Waals surface area contributed by atoms with Crippen LogP contribution in [0.25, 0.3) is 22.5 Å². The molecule has 0 fully saturated rings. The topological polar surface area (TPSA) is 142 Å². The summed E-state index contributed by atoms with van der Waals surface area (Å²) in [6.07, 6.45) is 1.91. The molecule has 2 amide bonds. The molecule has 3 N–H and O–H groups in total. The Bertz CT molecular complexity index is 1340. The van der Waals surface area contributed by atoms with Crippen molar-refractivity contribution in [1.29, 1.82) is 0 Å². The summed E-state index contributed by atoms with van der Waals surface area (Å²) in [5.41, 5.74) is 6.62. The highest BCUT2D eigenvalue weighted by molar-refractivity contribution is 7.14. The van der Waals surface area contributed by atoms with Gasteiger partial charge in [0.05, 0.1) is 29.0 Å². The molecule has 33 heavy (non-hydrogen) atoms. The van der Waals surface area contributed by atoms with E-state index in [9.17, 15) is 14.4 Å². The highest BCUT2D eigenvalue weighted by Gasteiger charge is 2.25. The van der Waals surface area contributed by atoms with Crippen LogP contribution in [0.4, 0.5) is 5.00 Å². The smallest absolute Gasteiger partial charge is 0.339 e. The number of amides is 2. The molecule has 4 aromatic heterocycles. The van der Waals surface area contributed by atoms with Crippen molar-refractivity contribution in [1.82, 2.24) is 14.8 Å². The number of esters is 1. The summed E-state index contributed by atoms with van der Waals surface area (Å²) in [5.74, 6) is -1.50. The molecular weight excluding hydrogens is 446 g/mol. The summed E-state index contributed by atoms with van der Waals surface area (Å²) in [6.45, 7) is 5.33. The molecule has 4 heterocycles. The summed E-state index contributed by atoms with van der Waals surface area (Å²) in [5, 5.41) is 9.33.